The van der Waals surface area contributed by atoms with Crippen molar-refractivity contribution in [2.24, 2.45) is 11.8 Å². The van der Waals surface area contributed by atoms with Crippen LogP contribution < -0.4 is 10.6 Å². The molecule has 2 saturated carbocycles. The van der Waals surface area contributed by atoms with Gasteiger partial charge in [-0.3, -0.25) is 9.59 Å². The van der Waals surface area contributed by atoms with Crippen LogP contribution >= 0.6 is 0 Å². The highest BCUT2D eigenvalue weighted by atomic mass is 16.3. The molecule has 7 heteroatoms. The van der Waals surface area contributed by atoms with E-state index in [-0.39, 0.29) is 11.9 Å². The van der Waals surface area contributed by atoms with Gasteiger partial charge in [-0.1, -0.05) is 6.42 Å². The molecule has 2 bridgehead atoms. The van der Waals surface area contributed by atoms with E-state index in [0.29, 0.717) is 11.5 Å². The average molecular weight is 342 g/mol. The zero-order chi connectivity index (χ0) is 17.4. The van der Waals surface area contributed by atoms with Gasteiger partial charge < -0.3 is 20.7 Å². The molecule has 25 heavy (non-hydrogen) atoms. The first-order valence-electron chi connectivity index (χ1n) is 8.79. The molecule has 2 aliphatic carbocycles. The lowest BCUT2D eigenvalue weighted by molar-refractivity contribution is -0.124. The van der Waals surface area contributed by atoms with Crippen molar-refractivity contribution in [1.29, 1.82) is 0 Å². The Morgan fingerprint density at radius 2 is 2.20 bits per heavy atom. The summed E-state index contributed by atoms with van der Waals surface area (Å²) < 4.78 is 0. The highest BCUT2D eigenvalue weighted by Crippen LogP contribution is 2.44. The van der Waals surface area contributed by atoms with Gasteiger partial charge in [0.05, 0.1) is 24.0 Å². The predicted octanol–water partition coefficient (Wildman–Crippen LogP) is 0.958. The second kappa shape index (κ2) is 6.48. The quantitative estimate of drug-likeness (QED) is 0.649. The molecule has 0 aliphatic heterocycles. The number of carbonyl (C=O) groups excluding carboxylic acids is 2. The first kappa shape index (κ1) is 16.1. The summed E-state index contributed by atoms with van der Waals surface area (Å²) in [6, 6.07) is 4.31. The topological polar surface area (TPSA) is 107 Å². The lowest BCUT2D eigenvalue weighted by atomic mass is 9.95. The molecule has 1 aromatic heterocycles. The summed E-state index contributed by atoms with van der Waals surface area (Å²) >= 11 is 0. The van der Waals surface area contributed by atoms with Crippen LogP contribution in [0.2, 0.25) is 0 Å². The van der Waals surface area contributed by atoms with E-state index in [0.717, 1.165) is 29.8 Å². The first-order valence-corrected chi connectivity index (χ1v) is 8.79. The van der Waals surface area contributed by atoms with Crippen molar-refractivity contribution in [2.75, 3.05) is 6.61 Å². The van der Waals surface area contributed by atoms with Crippen molar-refractivity contribution in [2.45, 2.75) is 37.8 Å². The van der Waals surface area contributed by atoms with Crippen LogP contribution in [0.1, 0.15) is 36.0 Å². The van der Waals surface area contributed by atoms with Crippen molar-refractivity contribution in [3.05, 3.63) is 30.1 Å². The number of benzene rings is 1. The Morgan fingerprint density at radius 3 is 2.92 bits per heavy atom. The first-order chi connectivity index (χ1) is 12.1. The Labute approximate surface area is 145 Å². The largest absolute Gasteiger partial charge is 0.394 e. The van der Waals surface area contributed by atoms with Gasteiger partial charge in [0.1, 0.15) is 6.04 Å². The molecule has 2 aliphatic rings. The van der Waals surface area contributed by atoms with Gasteiger partial charge >= 0.3 is 0 Å². The molecular weight excluding hydrogens is 320 g/mol. The zero-order valence-corrected chi connectivity index (χ0v) is 13.9. The molecule has 1 aromatic carbocycles. The lowest BCUT2D eigenvalue weighted by Gasteiger charge is -2.25. The molecule has 4 rings (SSSR count). The van der Waals surface area contributed by atoms with Gasteiger partial charge in [0.15, 0.2) is 0 Å². The summed E-state index contributed by atoms with van der Waals surface area (Å²) in [4.78, 5) is 31.9. The number of aromatic nitrogens is 2. The van der Waals surface area contributed by atoms with Crippen molar-refractivity contribution in [3.63, 3.8) is 0 Å². The Balaban J connectivity index is 1.40. The Hall–Kier alpha value is -2.41. The molecule has 4 atom stereocenters. The maximum atomic E-state index is 12.4. The standard InChI is InChI=1S/C18H22N4O3/c23-8-16(18(25)21-14-6-10-1-2-11(14)5-10)22-17(24)12-3-4-13-15(7-12)20-9-19-13/h3-4,7,9-11,14,16,23H,1-2,5-6,8H2,(H,19,20)(H,21,25)(H,22,24)/t10?,11?,14?,16-/m0/s1. The minimum atomic E-state index is -0.941. The Morgan fingerprint density at radius 1 is 1.32 bits per heavy atom. The van der Waals surface area contributed by atoms with Gasteiger partial charge in [0, 0.05) is 11.6 Å². The monoisotopic (exact) mass is 342 g/mol. The van der Waals surface area contributed by atoms with Crippen molar-refractivity contribution in [1.82, 2.24) is 20.6 Å². The number of nitrogens with zero attached hydrogens (tertiary/aromatic N) is 1. The van der Waals surface area contributed by atoms with Crippen LogP contribution in [0, 0.1) is 11.8 Å². The summed E-state index contributed by atoms with van der Waals surface area (Å²) in [5, 5.41) is 15.2. The second-order valence-corrected chi connectivity index (χ2v) is 7.13. The van der Waals surface area contributed by atoms with E-state index < -0.39 is 18.6 Å². The van der Waals surface area contributed by atoms with E-state index in [9.17, 15) is 14.7 Å². The number of imidazole rings is 1. The van der Waals surface area contributed by atoms with Crippen LogP contribution in [0.5, 0.6) is 0 Å². The van der Waals surface area contributed by atoms with Crippen LogP contribution in [0.25, 0.3) is 11.0 Å². The minimum absolute atomic E-state index is 0.179. The maximum absolute atomic E-state index is 12.4. The van der Waals surface area contributed by atoms with Gasteiger partial charge in [-0.05, 0) is 49.3 Å². The number of amides is 2. The van der Waals surface area contributed by atoms with Gasteiger partial charge in [-0.25, -0.2) is 4.98 Å². The third-order valence-electron chi connectivity index (χ3n) is 5.55. The van der Waals surface area contributed by atoms with E-state index in [1.54, 1.807) is 24.5 Å². The van der Waals surface area contributed by atoms with Crippen LogP contribution in [0.3, 0.4) is 0 Å². The number of aromatic amines is 1. The van der Waals surface area contributed by atoms with Gasteiger partial charge in [0.2, 0.25) is 5.91 Å². The average Bonchev–Trinajstić information content (AvgIpc) is 3.34. The van der Waals surface area contributed by atoms with E-state index in [2.05, 4.69) is 20.6 Å². The number of H-pyrrole nitrogens is 1. The smallest absolute Gasteiger partial charge is 0.252 e. The molecular formula is C18H22N4O3. The van der Waals surface area contributed by atoms with Crippen LogP contribution in [-0.4, -0.2) is 45.6 Å². The van der Waals surface area contributed by atoms with Crippen molar-refractivity contribution >= 4 is 22.8 Å². The molecule has 0 spiro atoms. The van der Waals surface area contributed by atoms with Crippen LogP contribution in [0.4, 0.5) is 0 Å². The maximum Gasteiger partial charge on any atom is 0.252 e. The minimum Gasteiger partial charge on any atom is -0.394 e. The number of rotatable bonds is 5. The van der Waals surface area contributed by atoms with E-state index in [1.165, 1.54) is 12.8 Å². The number of nitrogens with one attached hydrogen (secondary N) is 3. The van der Waals surface area contributed by atoms with Gasteiger partial charge in [-0.15, -0.1) is 0 Å². The number of carbonyl (C=O) groups is 2. The van der Waals surface area contributed by atoms with Crippen molar-refractivity contribution in [3.8, 4) is 0 Å². The lowest BCUT2D eigenvalue weighted by Crippen LogP contribution is -2.52. The predicted molar refractivity (Wildman–Crippen MR) is 91.8 cm³/mol. The summed E-state index contributed by atoms with van der Waals surface area (Å²) in [7, 11) is 0. The molecule has 0 saturated heterocycles. The summed E-state index contributed by atoms with van der Waals surface area (Å²) in [6.07, 6.45) is 6.18. The van der Waals surface area contributed by atoms with E-state index in [4.69, 9.17) is 0 Å². The van der Waals surface area contributed by atoms with Crippen LogP contribution in [-0.2, 0) is 4.79 Å². The SMILES string of the molecule is O=C(N[C@@H](CO)C(=O)NC1CC2CCC1C2)c1ccc2nc[nH]c2c1. The molecule has 1 heterocycles. The number of aliphatic hydroxyl groups is 1. The molecule has 2 amide bonds. The third kappa shape index (κ3) is 3.11. The Kier molecular flexibility index (Phi) is 4.17. The van der Waals surface area contributed by atoms with Gasteiger partial charge in [0.25, 0.3) is 5.91 Å². The van der Waals surface area contributed by atoms with Gasteiger partial charge in [-0.2, -0.15) is 0 Å². The molecule has 7 nitrogen and oxygen atoms in total. The molecule has 2 aromatic rings. The number of hydrogen-bond donors (Lipinski definition) is 4. The summed E-state index contributed by atoms with van der Waals surface area (Å²) in [5.41, 5.74) is 1.94. The summed E-state index contributed by atoms with van der Waals surface area (Å²) in [6.45, 7) is -0.426. The van der Waals surface area contributed by atoms with Crippen LogP contribution in [0.15, 0.2) is 24.5 Å². The fraction of sp³-hybridized carbons (Fsp3) is 0.500. The Bertz CT molecular complexity index is 802. The molecule has 132 valence electrons. The molecule has 4 N–H and O–H groups in total. The zero-order valence-electron chi connectivity index (χ0n) is 13.9. The normalized spacial score (nSPS) is 25.9. The van der Waals surface area contributed by atoms with E-state index in [1.807, 2.05) is 0 Å². The highest BCUT2D eigenvalue weighted by Gasteiger charge is 2.40. The number of aliphatic hydroxyl groups excluding tert-OH is 1. The second-order valence-electron chi connectivity index (χ2n) is 7.13. The molecule has 0 radical (unpaired) electrons. The number of fused-ring (bicyclic) bond motifs is 3. The fourth-order valence-corrected chi connectivity index (χ4v) is 4.22. The number of hydrogen-bond acceptors (Lipinski definition) is 4. The van der Waals surface area contributed by atoms with E-state index >= 15 is 0 Å². The summed E-state index contributed by atoms with van der Waals surface area (Å²) in [5.74, 6) is 0.569. The van der Waals surface area contributed by atoms with Crippen molar-refractivity contribution < 1.29 is 14.7 Å². The third-order valence-corrected chi connectivity index (χ3v) is 5.55. The fourth-order valence-electron chi connectivity index (χ4n) is 4.22. The highest BCUT2D eigenvalue weighted by molar-refractivity contribution is 5.99. The molecule has 3 unspecified atom stereocenters. The molecule has 2 fully saturated rings.